The molecule has 0 bridgehead atoms. The molecule has 2 saturated heterocycles. The lowest BCUT2D eigenvalue weighted by Crippen LogP contribution is -2.50. The molecular weight excluding hydrogens is 583 g/mol. The van der Waals surface area contributed by atoms with Gasteiger partial charge >= 0.3 is 12.4 Å². The monoisotopic (exact) mass is 611 g/mol. The Morgan fingerprint density at radius 2 is 1.50 bits per heavy atom. The molecule has 4 rings (SSSR count). The molecule has 1 atom stereocenters. The molecule has 5 nitrogen and oxygen atoms in total. The number of halogens is 8. The van der Waals surface area contributed by atoms with Gasteiger partial charge in [0.2, 0.25) is 5.91 Å². The van der Waals surface area contributed by atoms with E-state index in [1.165, 1.54) is 0 Å². The molecule has 0 radical (unpaired) electrons. The van der Waals surface area contributed by atoms with Crippen LogP contribution in [0.1, 0.15) is 41.1 Å². The molecule has 1 amide bonds. The molecule has 0 aromatic heterocycles. The second-order valence-corrected chi connectivity index (χ2v) is 10.8. The molecule has 0 spiro atoms. The van der Waals surface area contributed by atoms with Gasteiger partial charge in [-0.05, 0) is 54.3 Å². The van der Waals surface area contributed by atoms with Crippen molar-refractivity contribution in [1.82, 2.24) is 15.1 Å². The van der Waals surface area contributed by atoms with Crippen LogP contribution in [-0.4, -0.2) is 67.7 Å². The first-order chi connectivity index (χ1) is 18.8. The van der Waals surface area contributed by atoms with Gasteiger partial charge in [-0.3, -0.25) is 14.6 Å². The summed E-state index contributed by atoms with van der Waals surface area (Å²) in [6.07, 6.45) is -8.82. The number of rotatable bonds is 7. The number of carbonyl (C=O) groups is 1. The number of morpholine rings is 1. The van der Waals surface area contributed by atoms with E-state index in [9.17, 15) is 31.1 Å². The molecular formula is C27H29Cl2F6N3O2. The van der Waals surface area contributed by atoms with E-state index in [1.54, 1.807) is 18.2 Å². The predicted octanol–water partition coefficient (Wildman–Crippen LogP) is 6.23. The maximum atomic E-state index is 13.2. The van der Waals surface area contributed by atoms with Gasteiger partial charge in [0.15, 0.2) is 0 Å². The highest BCUT2D eigenvalue weighted by Gasteiger charge is 2.37. The van der Waals surface area contributed by atoms with Crippen LogP contribution in [-0.2, 0) is 28.3 Å². The van der Waals surface area contributed by atoms with E-state index in [2.05, 4.69) is 15.1 Å². The van der Waals surface area contributed by atoms with Gasteiger partial charge in [0.25, 0.3) is 0 Å². The van der Waals surface area contributed by atoms with Crippen LogP contribution in [0, 0.1) is 0 Å². The Hall–Kier alpha value is -2.05. The fourth-order valence-electron chi connectivity index (χ4n) is 5.26. The van der Waals surface area contributed by atoms with Gasteiger partial charge in [0.1, 0.15) is 0 Å². The van der Waals surface area contributed by atoms with Gasteiger partial charge in [-0.25, -0.2) is 0 Å². The molecule has 2 aromatic rings. The molecule has 1 unspecified atom stereocenters. The van der Waals surface area contributed by atoms with Crippen molar-refractivity contribution >= 4 is 29.1 Å². The van der Waals surface area contributed by atoms with Crippen molar-refractivity contribution < 1.29 is 35.9 Å². The van der Waals surface area contributed by atoms with Crippen LogP contribution in [0.15, 0.2) is 36.4 Å². The third kappa shape index (κ3) is 8.03. The van der Waals surface area contributed by atoms with E-state index in [4.69, 9.17) is 27.9 Å². The van der Waals surface area contributed by atoms with Gasteiger partial charge in [-0.1, -0.05) is 29.3 Å². The van der Waals surface area contributed by atoms with E-state index in [0.29, 0.717) is 41.4 Å². The van der Waals surface area contributed by atoms with E-state index >= 15 is 0 Å². The largest absolute Gasteiger partial charge is 0.416 e. The van der Waals surface area contributed by atoms with Gasteiger partial charge in [0.05, 0.1) is 46.8 Å². The van der Waals surface area contributed by atoms with E-state index in [0.717, 1.165) is 44.6 Å². The molecule has 0 saturated carbocycles. The maximum Gasteiger partial charge on any atom is 0.416 e. The number of hydrogen-bond donors (Lipinski definition) is 1. The second kappa shape index (κ2) is 12.9. The smallest absolute Gasteiger partial charge is 0.379 e. The van der Waals surface area contributed by atoms with Crippen LogP contribution in [0.5, 0.6) is 0 Å². The van der Waals surface area contributed by atoms with Crippen molar-refractivity contribution in [2.45, 2.75) is 43.7 Å². The highest BCUT2D eigenvalue weighted by atomic mass is 35.5. The SMILES string of the molecule is O=C(Cc1cc(C(F)(F)F)cc(C(F)(F)F)c1)NCC(c1ccc(Cl)c(Cl)c1)N1CCC(N2CCOCC2)CC1. The molecule has 40 heavy (non-hydrogen) atoms. The number of hydrogen-bond acceptors (Lipinski definition) is 4. The first-order valence-electron chi connectivity index (χ1n) is 12.9. The summed E-state index contributed by atoms with van der Waals surface area (Å²) in [7, 11) is 0. The molecule has 2 heterocycles. The number of benzene rings is 2. The third-order valence-corrected chi connectivity index (χ3v) is 8.07. The van der Waals surface area contributed by atoms with Crippen molar-refractivity contribution in [2.24, 2.45) is 0 Å². The van der Waals surface area contributed by atoms with Crippen LogP contribution in [0.25, 0.3) is 0 Å². The Bertz CT molecular complexity index is 1150. The number of likely N-dealkylation sites (tertiary alicyclic amines) is 1. The summed E-state index contributed by atoms with van der Waals surface area (Å²) in [4.78, 5) is 17.4. The van der Waals surface area contributed by atoms with Crippen LogP contribution >= 0.6 is 23.2 Å². The normalized spacial score (nSPS) is 19.0. The Balaban J connectivity index is 1.47. The average Bonchev–Trinajstić information content (AvgIpc) is 2.90. The lowest BCUT2D eigenvalue weighted by molar-refractivity contribution is -0.143. The number of nitrogens with one attached hydrogen (secondary N) is 1. The topological polar surface area (TPSA) is 44.8 Å². The zero-order valence-electron chi connectivity index (χ0n) is 21.4. The molecule has 2 fully saturated rings. The first kappa shape index (κ1) is 30.9. The number of amides is 1. The minimum atomic E-state index is -4.99. The summed E-state index contributed by atoms with van der Waals surface area (Å²) in [5.74, 6) is -0.694. The van der Waals surface area contributed by atoms with Crippen LogP contribution in [0.4, 0.5) is 26.3 Å². The van der Waals surface area contributed by atoms with Crippen molar-refractivity contribution in [3.63, 3.8) is 0 Å². The Morgan fingerprint density at radius 3 is 2.05 bits per heavy atom. The van der Waals surface area contributed by atoms with Crippen molar-refractivity contribution in [2.75, 3.05) is 45.9 Å². The molecule has 2 aromatic carbocycles. The average molecular weight is 612 g/mol. The predicted molar refractivity (Wildman–Crippen MR) is 139 cm³/mol. The molecule has 1 N–H and O–H groups in total. The van der Waals surface area contributed by atoms with E-state index in [1.807, 2.05) is 0 Å². The van der Waals surface area contributed by atoms with Crippen LogP contribution in [0.2, 0.25) is 10.0 Å². The molecule has 2 aliphatic rings. The van der Waals surface area contributed by atoms with Crippen LogP contribution < -0.4 is 5.32 Å². The lowest BCUT2D eigenvalue weighted by Gasteiger charge is -2.42. The van der Waals surface area contributed by atoms with Crippen LogP contribution in [0.3, 0.4) is 0 Å². The molecule has 2 aliphatic heterocycles. The summed E-state index contributed by atoms with van der Waals surface area (Å²) in [5.41, 5.74) is -2.50. The third-order valence-electron chi connectivity index (χ3n) is 7.34. The van der Waals surface area contributed by atoms with Crippen molar-refractivity contribution in [3.05, 3.63) is 68.7 Å². The molecule has 13 heteroatoms. The van der Waals surface area contributed by atoms with Crippen molar-refractivity contribution in [1.29, 1.82) is 0 Å². The minimum Gasteiger partial charge on any atom is -0.379 e. The Labute approximate surface area is 238 Å². The number of ether oxygens (including phenoxy) is 1. The summed E-state index contributed by atoms with van der Waals surface area (Å²) in [6.45, 7) is 4.70. The zero-order chi connectivity index (χ0) is 29.1. The summed E-state index contributed by atoms with van der Waals surface area (Å²) in [5, 5.41) is 3.41. The highest BCUT2D eigenvalue weighted by Crippen LogP contribution is 2.36. The summed E-state index contributed by atoms with van der Waals surface area (Å²) < 4.78 is 84.8. The lowest BCUT2D eigenvalue weighted by atomic mass is 9.97. The fraction of sp³-hybridized carbons (Fsp3) is 0.519. The molecule has 220 valence electrons. The molecule has 0 aliphatic carbocycles. The highest BCUT2D eigenvalue weighted by molar-refractivity contribution is 6.42. The van der Waals surface area contributed by atoms with Gasteiger partial charge in [-0.15, -0.1) is 0 Å². The quantitative estimate of drug-likeness (QED) is 0.377. The Kier molecular flexibility index (Phi) is 9.93. The standard InChI is InChI=1S/C27H29Cl2F6N3O2/c28-22-2-1-18(14-23(22)29)24(38-5-3-21(4-6-38)37-7-9-40-10-8-37)16-36-25(39)13-17-11-19(26(30,31)32)15-20(12-17)27(33,34)35/h1-2,11-12,14-15,21,24H,3-10,13,16H2,(H,36,39). The zero-order valence-corrected chi connectivity index (χ0v) is 22.9. The summed E-state index contributed by atoms with van der Waals surface area (Å²) >= 11 is 12.3. The van der Waals surface area contributed by atoms with Gasteiger partial charge < -0.3 is 10.1 Å². The fourth-order valence-corrected chi connectivity index (χ4v) is 5.57. The number of nitrogens with zero attached hydrogens (tertiary/aromatic N) is 2. The van der Waals surface area contributed by atoms with Gasteiger partial charge in [-0.2, -0.15) is 26.3 Å². The maximum absolute atomic E-state index is 13.2. The minimum absolute atomic E-state index is 0.0439. The first-order valence-corrected chi connectivity index (χ1v) is 13.6. The Morgan fingerprint density at radius 1 is 0.900 bits per heavy atom. The van der Waals surface area contributed by atoms with E-state index < -0.39 is 35.8 Å². The van der Waals surface area contributed by atoms with Gasteiger partial charge in [0, 0.05) is 38.8 Å². The second-order valence-electron chi connectivity index (χ2n) is 10.00. The number of piperidine rings is 1. The number of carbonyl (C=O) groups excluding carboxylic acids is 1. The summed E-state index contributed by atoms with van der Waals surface area (Å²) in [6, 6.07) is 6.42. The van der Waals surface area contributed by atoms with Crippen molar-refractivity contribution in [3.8, 4) is 0 Å². The van der Waals surface area contributed by atoms with E-state index in [-0.39, 0.29) is 24.2 Å². The number of alkyl halides is 6.